The number of fused-ring (bicyclic) bond motifs is 1. The Morgan fingerprint density at radius 1 is 1.35 bits per heavy atom. The summed E-state index contributed by atoms with van der Waals surface area (Å²) in [7, 11) is 1.92. The molecule has 0 saturated carbocycles. The summed E-state index contributed by atoms with van der Waals surface area (Å²) in [6.45, 7) is 2.01. The molecule has 0 radical (unpaired) electrons. The van der Waals surface area contributed by atoms with E-state index < -0.39 is 0 Å². The predicted molar refractivity (Wildman–Crippen MR) is 68.6 cm³/mol. The third-order valence-electron chi connectivity index (χ3n) is 2.62. The van der Waals surface area contributed by atoms with Crippen LogP contribution < -0.4 is 5.32 Å². The standard InChI is InChI=1S/C11H11N5S/c1-7-5-9(15-16(7)2)14-10-8-3-4-17-11(8)13-6-12-10/h3-6H,1-2H3,(H,12,13,14,15). The van der Waals surface area contributed by atoms with Gasteiger partial charge in [-0.25, -0.2) is 9.97 Å². The van der Waals surface area contributed by atoms with Crippen LogP contribution in [-0.4, -0.2) is 19.7 Å². The summed E-state index contributed by atoms with van der Waals surface area (Å²) in [5.41, 5.74) is 1.10. The Morgan fingerprint density at radius 2 is 2.24 bits per heavy atom. The lowest BCUT2D eigenvalue weighted by Gasteiger charge is -2.02. The van der Waals surface area contributed by atoms with E-state index in [0.29, 0.717) is 0 Å². The fraction of sp³-hybridized carbons (Fsp3) is 0.182. The fourth-order valence-electron chi connectivity index (χ4n) is 1.63. The second kappa shape index (κ2) is 3.81. The molecule has 0 aliphatic heterocycles. The minimum absolute atomic E-state index is 0.800. The summed E-state index contributed by atoms with van der Waals surface area (Å²) >= 11 is 1.60. The fourth-order valence-corrected chi connectivity index (χ4v) is 2.37. The minimum atomic E-state index is 0.800. The highest BCUT2D eigenvalue weighted by atomic mass is 32.1. The Labute approximate surface area is 102 Å². The van der Waals surface area contributed by atoms with Gasteiger partial charge >= 0.3 is 0 Å². The molecule has 5 nitrogen and oxygen atoms in total. The molecule has 0 spiro atoms. The van der Waals surface area contributed by atoms with Crippen LogP contribution in [0.2, 0.25) is 0 Å². The Morgan fingerprint density at radius 3 is 3.00 bits per heavy atom. The van der Waals surface area contributed by atoms with Gasteiger partial charge in [-0.1, -0.05) is 0 Å². The van der Waals surface area contributed by atoms with Crippen molar-refractivity contribution in [1.29, 1.82) is 0 Å². The van der Waals surface area contributed by atoms with Crippen molar-refractivity contribution in [3.8, 4) is 0 Å². The first-order valence-electron chi connectivity index (χ1n) is 5.20. The first-order chi connectivity index (χ1) is 8.24. The summed E-state index contributed by atoms with van der Waals surface area (Å²) in [4.78, 5) is 9.44. The zero-order valence-electron chi connectivity index (χ0n) is 9.51. The number of thiophene rings is 1. The molecule has 3 aromatic rings. The van der Waals surface area contributed by atoms with E-state index in [0.717, 1.165) is 27.5 Å². The average Bonchev–Trinajstić information content (AvgIpc) is 2.87. The molecule has 0 saturated heterocycles. The van der Waals surface area contributed by atoms with E-state index in [2.05, 4.69) is 20.4 Å². The molecule has 0 aliphatic rings. The van der Waals surface area contributed by atoms with Gasteiger partial charge in [-0.3, -0.25) is 4.68 Å². The van der Waals surface area contributed by atoms with Crippen LogP contribution in [0.4, 0.5) is 11.6 Å². The highest BCUT2D eigenvalue weighted by Gasteiger charge is 2.07. The second-order valence-electron chi connectivity index (χ2n) is 3.78. The molecule has 0 bridgehead atoms. The molecule has 0 unspecified atom stereocenters. The van der Waals surface area contributed by atoms with Gasteiger partial charge in [0, 0.05) is 18.8 Å². The SMILES string of the molecule is Cc1cc(Nc2ncnc3sccc23)nn1C. The van der Waals surface area contributed by atoms with Crippen LogP contribution in [0.1, 0.15) is 5.69 Å². The Hall–Kier alpha value is -1.95. The average molecular weight is 245 g/mol. The molecule has 86 valence electrons. The lowest BCUT2D eigenvalue weighted by molar-refractivity contribution is 0.743. The molecule has 0 fully saturated rings. The third-order valence-corrected chi connectivity index (χ3v) is 3.44. The number of aryl methyl sites for hydroxylation is 2. The number of anilines is 2. The third kappa shape index (κ3) is 1.76. The molecule has 3 heterocycles. The van der Waals surface area contributed by atoms with Crippen molar-refractivity contribution >= 4 is 33.2 Å². The Balaban J connectivity index is 2.02. The predicted octanol–water partition coefficient (Wildman–Crippen LogP) is 2.48. The highest BCUT2D eigenvalue weighted by molar-refractivity contribution is 7.16. The molecular weight excluding hydrogens is 234 g/mol. The van der Waals surface area contributed by atoms with Gasteiger partial charge in [-0.2, -0.15) is 5.10 Å². The maximum absolute atomic E-state index is 4.35. The molecular formula is C11H11N5S. The smallest absolute Gasteiger partial charge is 0.153 e. The van der Waals surface area contributed by atoms with E-state index in [4.69, 9.17) is 0 Å². The maximum atomic E-state index is 4.35. The summed E-state index contributed by atoms with van der Waals surface area (Å²) in [5, 5.41) is 10.6. The number of hydrogen-bond acceptors (Lipinski definition) is 5. The van der Waals surface area contributed by atoms with E-state index in [1.165, 1.54) is 0 Å². The molecule has 17 heavy (non-hydrogen) atoms. The van der Waals surface area contributed by atoms with Crippen molar-refractivity contribution < 1.29 is 0 Å². The molecule has 3 aromatic heterocycles. The first-order valence-corrected chi connectivity index (χ1v) is 6.08. The molecule has 6 heteroatoms. The van der Waals surface area contributed by atoms with Gasteiger partial charge in [-0.15, -0.1) is 11.3 Å². The molecule has 0 amide bonds. The van der Waals surface area contributed by atoms with Crippen molar-refractivity contribution in [2.75, 3.05) is 5.32 Å². The lowest BCUT2D eigenvalue weighted by Crippen LogP contribution is -1.97. The van der Waals surface area contributed by atoms with Crippen molar-refractivity contribution in [2.24, 2.45) is 7.05 Å². The van der Waals surface area contributed by atoms with Gasteiger partial charge in [0.25, 0.3) is 0 Å². The van der Waals surface area contributed by atoms with E-state index in [-0.39, 0.29) is 0 Å². The van der Waals surface area contributed by atoms with Gasteiger partial charge in [-0.05, 0) is 18.4 Å². The van der Waals surface area contributed by atoms with Crippen molar-refractivity contribution in [2.45, 2.75) is 6.92 Å². The number of nitrogens with zero attached hydrogens (tertiary/aromatic N) is 4. The van der Waals surface area contributed by atoms with Crippen molar-refractivity contribution in [3.63, 3.8) is 0 Å². The van der Waals surface area contributed by atoms with Gasteiger partial charge < -0.3 is 5.32 Å². The number of nitrogens with one attached hydrogen (secondary N) is 1. The van der Waals surface area contributed by atoms with Gasteiger partial charge in [0.2, 0.25) is 0 Å². The van der Waals surface area contributed by atoms with Crippen molar-refractivity contribution in [3.05, 3.63) is 29.5 Å². The van der Waals surface area contributed by atoms with Gasteiger partial charge in [0.15, 0.2) is 5.82 Å². The lowest BCUT2D eigenvalue weighted by atomic mass is 10.4. The summed E-state index contributed by atoms with van der Waals surface area (Å²) in [5.74, 6) is 1.60. The largest absolute Gasteiger partial charge is 0.323 e. The summed E-state index contributed by atoms with van der Waals surface area (Å²) < 4.78 is 1.83. The highest BCUT2D eigenvalue weighted by Crippen LogP contribution is 2.25. The Bertz CT molecular complexity index is 650. The summed E-state index contributed by atoms with van der Waals surface area (Å²) in [6, 6.07) is 4.00. The van der Waals surface area contributed by atoms with E-state index >= 15 is 0 Å². The normalized spacial score (nSPS) is 10.9. The Kier molecular flexibility index (Phi) is 2.29. The van der Waals surface area contributed by atoms with Crippen LogP contribution in [-0.2, 0) is 7.05 Å². The van der Waals surface area contributed by atoms with Crippen LogP contribution >= 0.6 is 11.3 Å². The number of hydrogen-bond donors (Lipinski definition) is 1. The molecule has 0 atom stereocenters. The van der Waals surface area contributed by atoms with E-state index in [1.54, 1.807) is 17.7 Å². The van der Waals surface area contributed by atoms with Crippen molar-refractivity contribution in [1.82, 2.24) is 19.7 Å². The second-order valence-corrected chi connectivity index (χ2v) is 4.68. The van der Waals surface area contributed by atoms with E-state index in [9.17, 15) is 0 Å². The molecule has 3 rings (SSSR count). The van der Waals surface area contributed by atoms with Gasteiger partial charge in [0.05, 0.1) is 5.39 Å². The molecule has 0 aromatic carbocycles. The zero-order valence-corrected chi connectivity index (χ0v) is 10.3. The maximum Gasteiger partial charge on any atom is 0.153 e. The number of rotatable bonds is 2. The van der Waals surface area contributed by atoms with E-state index in [1.807, 2.05) is 36.2 Å². The topological polar surface area (TPSA) is 55.6 Å². The minimum Gasteiger partial charge on any atom is -0.323 e. The van der Waals surface area contributed by atoms with Crippen LogP contribution in [0.5, 0.6) is 0 Å². The summed E-state index contributed by atoms with van der Waals surface area (Å²) in [6.07, 6.45) is 1.57. The molecule has 1 N–H and O–H groups in total. The first kappa shape index (κ1) is 10.2. The quantitative estimate of drug-likeness (QED) is 0.753. The van der Waals surface area contributed by atoms with Crippen LogP contribution in [0.3, 0.4) is 0 Å². The molecule has 0 aliphatic carbocycles. The number of aromatic nitrogens is 4. The van der Waals surface area contributed by atoms with Gasteiger partial charge in [0.1, 0.15) is 17.0 Å². The zero-order chi connectivity index (χ0) is 11.8. The monoisotopic (exact) mass is 245 g/mol. The van der Waals surface area contributed by atoms with Crippen LogP contribution in [0.25, 0.3) is 10.2 Å². The van der Waals surface area contributed by atoms with Crippen LogP contribution in [0, 0.1) is 6.92 Å². The van der Waals surface area contributed by atoms with Crippen LogP contribution in [0.15, 0.2) is 23.8 Å².